The van der Waals surface area contributed by atoms with Gasteiger partial charge < -0.3 is 0 Å². The predicted octanol–water partition coefficient (Wildman–Crippen LogP) is 4.65. The van der Waals surface area contributed by atoms with E-state index < -0.39 is 0 Å². The van der Waals surface area contributed by atoms with E-state index in [0.29, 0.717) is 5.41 Å². The van der Waals surface area contributed by atoms with Crippen molar-refractivity contribution in [1.29, 1.82) is 0 Å². The molecule has 0 aromatic rings. The first-order chi connectivity index (χ1) is 6.27. The smallest absolute Gasteiger partial charge is 0.0104 e. The summed E-state index contributed by atoms with van der Waals surface area (Å²) in [6.45, 7) is 17.5. The monoisotopic (exact) mass is 190 g/mol. The molecule has 14 heavy (non-hydrogen) atoms. The van der Waals surface area contributed by atoms with E-state index in [2.05, 4.69) is 48.1 Å². The van der Waals surface area contributed by atoms with Crippen LogP contribution in [0.3, 0.4) is 0 Å². The summed E-state index contributed by atoms with van der Waals surface area (Å²) < 4.78 is 0. The van der Waals surface area contributed by atoms with E-state index in [1.807, 2.05) is 0 Å². The highest BCUT2D eigenvalue weighted by molar-refractivity contribution is 5.52. The molecule has 0 heteroatoms. The van der Waals surface area contributed by atoms with Crippen LogP contribution in [-0.4, -0.2) is 0 Å². The molecule has 0 aromatic carbocycles. The zero-order valence-electron chi connectivity index (χ0n) is 10.4. The highest BCUT2D eigenvalue weighted by Crippen LogP contribution is 2.44. The first-order valence-electron chi connectivity index (χ1n) is 5.31. The third-order valence-corrected chi connectivity index (χ3v) is 3.51. The van der Waals surface area contributed by atoms with Crippen molar-refractivity contribution in [2.45, 2.75) is 48.0 Å². The third kappa shape index (κ3) is 1.70. The predicted molar refractivity (Wildman–Crippen MR) is 64.3 cm³/mol. The SMILES string of the molecule is C=C(C)C1=C(C)CC(C)(C)C(C)=C1C. The van der Waals surface area contributed by atoms with Crippen molar-refractivity contribution in [2.75, 3.05) is 0 Å². The van der Waals surface area contributed by atoms with Crippen LogP contribution in [0.2, 0.25) is 0 Å². The first kappa shape index (κ1) is 11.3. The Kier molecular flexibility index (Phi) is 2.76. The molecule has 0 bridgehead atoms. The summed E-state index contributed by atoms with van der Waals surface area (Å²) in [5.41, 5.74) is 7.38. The summed E-state index contributed by atoms with van der Waals surface area (Å²) in [7, 11) is 0. The molecule has 0 heterocycles. The molecule has 0 nitrogen and oxygen atoms in total. The number of hydrogen-bond donors (Lipinski definition) is 0. The molecule has 1 rings (SSSR count). The molecule has 1 aliphatic rings. The topological polar surface area (TPSA) is 0 Å². The molecule has 78 valence electrons. The molecule has 0 saturated carbocycles. The molecule has 0 radical (unpaired) electrons. The van der Waals surface area contributed by atoms with Gasteiger partial charge in [-0.25, -0.2) is 0 Å². The highest BCUT2D eigenvalue weighted by atomic mass is 14.3. The van der Waals surface area contributed by atoms with Crippen LogP contribution < -0.4 is 0 Å². The molecule has 0 unspecified atom stereocenters. The van der Waals surface area contributed by atoms with Crippen LogP contribution >= 0.6 is 0 Å². The molecule has 0 fully saturated rings. The Morgan fingerprint density at radius 2 is 1.71 bits per heavy atom. The van der Waals surface area contributed by atoms with Crippen LogP contribution in [0.25, 0.3) is 0 Å². The van der Waals surface area contributed by atoms with E-state index in [4.69, 9.17) is 0 Å². The lowest BCUT2D eigenvalue weighted by atomic mass is 9.70. The summed E-state index contributed by atoms with van der Waals surface area (Å²) in [5, 5.41) is 0. The van der Waals surface area contributed by atoms with E-state index in [0.717, 1.165) is 0 Å². The zero-order valence-corrected chi connectivity index (χ0v) is 10.4. The van der Waals surface area contributed by atoms with Crippen LogP contribution in [0.1, 0.15) is 48.0 Å². The summed E-state index contributed by atoms with van der Waals surface area (Å²) in [6.07, 6.45) is 1.17. The van der Waals surface area contributed by atoms with Gasteiger partial charge in [-0.3, -0.25) is 0 Å². The summed E-state index contributed by atoms with van der Waals surface area (Å²) in [4.78, 5) is 0. The maximum Gasteiger partial charge on any atom is -0.0104 e. The fraction of sp³-hybridized carbons (Fsp3) is 0.571. The van der Waals surface area contributed by atoms with E-state index in [-0.39, 0.29) is 0 Å². The first-order valence-corrected chi connectivity index (χ1v) is 5.31. The number of allylic oxidation sites excluding steroid dienone is 5. The van der Waals surface area contributed by atoms with Crippen LogP contribution in [0.4, 0.5) is 0 Å². The largest absolute Gasteiger partial charge is 0.0955 e. The van der Waals surface area contributed by atoms with Gasteiger partial charge in [0, 0.05) is 0 Å². The molecule has 0 spiro atoms. The van der Waals surface area contributed by atoms with Gasteiger partial charge in [0.05, 0.1) is 0 Å². The van der Waals surface area contributed by atoms with E-state index >= 15 is 0 Å². The maximum absolute atomic E-state index is 4.07. The van der Waals surface area contributed by atoms with Crippen LogP contribution in [-0.2, 0) is 0 Å². The Hall–Kier alpha value is -0.780. The molecule has 0 aromatic heterocycles. The minimum Gasteiger partial charge on any atom is -0.0955 e. The second-order valence-electron chi connectivity index (χ2n) is 5.25. The lowest BCUT2D eigenvalue weighted by Gasteiger charge is -2.35. The van der Waals surface area contributed by atoms with Crippen molar-refractivity contribution in [3.05, 3.63) is 34.4 Å². The second-order valence-corrected chi connectivity index (χ2v) is 5.25. The molecular weight excluding hydrogens is 168 g/mol. The lowest BCUT2D eigenvalue weighted by Crippen LogP contribution is -2.20. The van der Waals surface area contributed by atoms with Crippen LogP contribution in [0.5, 0.6) is 0 Å². The summed E-state index contributed by atoms with van der Waals surface area (Å²) in [6, 6.07) is 0. The van der Waals surface area contributed by atoms with Crippen molar-refractivity contribution in [2.24, 2.45) is 5.41 Å². The van der Waals surface area contributed by atoms with Gasteiger partial charge in [-0.15, -0.1) is 0 Å². The molecule has 0 saturated heterocycles. The number of rotatable bonds is 1. The Balaban J connectivity index is 3.31. The minimum atomic E-state index is 0.327. The van der Waals surface area contributed by atoms with E-state index in [9.17, 15) is 0 Å². The molecule has 0 N–H and O–H groups in total. The third-order valence-electron chi connectivity index (χ3n) is 3.51. The van der Waals surface area contributed by atoms with Gasteiger partial charge in [-0.1, -0.05) is 37.1 Å². The van der Waals surface area contributed by atoms with Gasteiger partial charge >= 0.3 is 0 Å². The Labute approximate surface area is 88.4 Å². The Bertz CT molecular complexity index is 335. The Morgan fingerprint density at radius 3 is 2.14 bits per heavy atom. The van der Waals surface area contributed by atoms with E-state index in [1.54, 1.807) is 0 Å². The van der Waals surface area contributed by atoms with Crippen molar-refractivity contribution in [1.82, 2.24) is 0 Å². The quantitative estimate of drug-likeness (QED) is 0.565. The van der Waals surface area contributed by atoms with Crippen LogP contribution in [0, 0.1) is 5.41 Å². The van der Waals surface area contributed by atoms with E-state index in [1.165, 1.54) is 34.3 Å². The average Bonchev–Trinajstić information content (AvgIpc) is 1.98. The molecule has 0 amide bonds. The van der Waals surface area contributed by atoms with Gasteiger partial charge in [0.2, 0.25) is 0 Å². The fourth-order valence-corrected chi connectivity index (χ4v) is 2.58. The highest BCUT2D eigenvalue weighted by Gasteiger charge is 2.28. The van der Waals surface area contributed by atoms with Gasteiger partial charge in [-0.05, 0) is 50.7 Å². The summed E-state index contributed by atoms with van der Waals surface area (Å²) in [5.74, 6) is 0. The maximum atomic E-state index is 4.07. The fourth-order valence-electron chi connectivity index (χ4n) is 2.58. The van der Waals surface area contributed by atoms with Crippen molar-refractivity contribution in [3.8, 4) is 0 Å². The van der Waals surface area contributed by atoms with Crippen molar-refractivity contribution < 1.29 is 0 Å². The normalized spacial score (nSPS) is 21.6. The van der Waals surface area contributed by atoms with Crippen LogP contribution in [0.15, 0.2) is 34.4 Å². The summed E-state index contributed by atoms with van der Waals surface area (Å²) >= 11 is 0. The average molecular weight is 190 g/mol. The van der Waals surface area contributed by atoms with Gasteiger partial charge in [0.25, 0.3) is 0 Å². The molecule has 0 atom stereocenters. The lowest BCUT2D eigenvalue weighted by molar-refractivity contribution is 0.429. The van der Waals surface area contributed by atoms with Gasteiger partial charge in [-0.2, -0.15) is 0 Å². The second kappa shape index (κ2) is 3.42. The van der Waals surface area contributed by atoms with Gasteiger partial charge in [0.15, 0.2) is 0 Å². The zero-order chi connectivity index (χ0) is 11.1. The molecule has 0 aliphatic heterocycles. The number of hydrogen-bond acceptors (Lipinski definition) is 0. The van der Waals surface area contributed by atoms with Crippen molar-refractivity contribution in [3.63, 3.8) is 0 Å². The van der Waals surface area contributed by atoms with Crippen molar-refractivity contribution >= 4 is 0 Å². The van der Waals surface area contributed by atoms with Gasteiger partial charge in [0.1, 0.15) is 0 Å². The molecular formula is C14H22. The standard InChI is InChI=1S/C14H22/c1-9(2)13-10(3)8-14(6,7)12(5)11(13)4/h1,8H2,2-7H3. The Morgan fingerprint density at radius 1 is 1.21 bits per heavy atom. The molecule has 1 aliphatic carbocycles. The minimum absolute atomic E-state index is 0.327.